The molecule has 0 radical (unpaired) electrons. The van der Waals surface area contributed by atoms with E-state index in [1.165, 1.54) is 0 Å². The van der Waals surface area contributed by atoms with Crippen LogP contribution in [0.2, 0.25) is 0 Å². The molecule has 1 aliphatic rings. The lowest BCUT2D eigenvalue weighted by Gasteiger charge is -2.15. The predicted octanol–water partition coefficient (Wildman–Crippen LogP) is 1.65. The predicted molar refractivity (Wildman–Crippen MR) is 86.3 cm³/mol. The molecule has 2 unspecified atom stereocenters. The van der Waals surface area contributed by atoms with Gasteiger partial charge in [-0.05, 0) is 32.4 Å². The topological polar surface area (TPSA) is 69.3 Å². The van der Waals surface area contributed by atoms with Crippen molar-refractivity contribution >= 4 is 5.52 Å². The number of nitrogens with one attached hydrogen (secondary N) is 1. The number of aryl methyl sites for hydroxylation is 1. The molecule has 1 N–H and O–H groups in total. The molecule has 3 heterocycles. The fraction of sp³-hybridized carbons (Fsp3) is 0.438. The number of ether oxygens (including phenoxy) is 1. The molecule has 2 atom stereocenters. The molecule has 1 aliphatic carbocycles. The van der Waals surface area contributed by atoms with E-state index in [0.29, 0.717) is 11.9 Å². The lowest BCUT2D eigenvalue weighted by atomic mass is 10.2. The van der Waals surface area contributed by atoms with Crippen LogP contribution in [0, 0.1) is 0 Å². The molecule has 0 spiro atoms. The Morgan fingerprint density at radius 1 is 1.26 bits per heavy atom. The van der Waals surface area contributed by atoms with Gasteiger partial charge in [0.1, 0.15) is 11.6 Å². The zero-order valence-electron chi connectivity index (χ0n) is 13.3. The van der Waals surface area contributed by atoms with Crippen LogP contribution in [0.25, 0.3) is 16.8 Å². The van der Waals surface area contributed by atoms with Gasteiger partial charge in [0.15, 0.2) is 0 Å². The van der Waals surface area contributed by atoms with E-state index in [1.807, 2.05) is 37.1 Å². The molecular weight excluding hydrogens is 292 g/mol. The molecule has 0 saturated heterocycles. The highest BCUT2D eigenvalue weighted by atomic mass is 16.5. The molecule has 0 amide bonds. The van der Waals surface area contributed by atoms with Gasteiger partial charge in [0, 0.05) is 24.8 Å². The fourth-order valence-electron chi connectivity index (χ4n) is 3.14. The van der Waals surface area contributed by atoms with Gasteiger partial charge in [0.05, 0.1) is 24.3 Å². The molecule has 7 heteroatoms. The smallest absolute Gasteiger partial charge is 0.240 e. The Balaban J connectivity index is 1.69. The van der Waals surface area contributed by atoms with E-state index in [9.17, 15) is 0 Å². The highest BCUT2D eigenvalue weighted by molar-refractivity contribution is 5.63. The molecule has 4 rings (SSSR count). The molecule has 7 nitrogen and oxygen atoms in total. The number of aromatic nitrogens is 5. The zero-order chi connectivity index (χ0) is 15.8. The van der Waals surface area contributed by atoms with E-state index >= 15 is 0 Å². The minimum Gasteiger partial charge on any atom is -0.473 e. The van der Waals surface area contributed by atoms with Crippen LogP contribution < -0.4 is 10.1 Å². The summed E-state index contributed by atoms with van der Waals surface area (Å²) < 4.78 is 9.79. The largest absolute Gasteiger partial charge is 0.473 e. The maximum atomic E-state index is 6.21. The Hall–Kier alpha value is -2.41. The first-order valence-electron chi connectivity index (χ1n) is 7.90. The SMILES string of the molecule is CNC1CCC(Oc2nc(-c3cnn(C)c3)cn3nccc23)C1. The first-order valence-corrected chi connectivity index (χ1v) is 7.90. The van der Waals surface area contributed by atoms with Gasteiger partial charge in [-0.1, -0.05) is 0 Å². The minimum absolute atomic E-state index is 0.197. The van der Waals surface area contributed by atoms with Gasteiger partial charge in [0.2, 0.25) is 5.88 Å². The molecule has 3 aromatic rings. The van der Waals surface area contributed by atoms with Crippen LogP contribution >= 0.6 is 0 Å². The van der Waals surface area contributed by atoms with Crippen molar-refractivity contribution in [3.8, 4) is 17.1 Å². The summed E-state index contributed by atoms with van der Waals surface area (Å²) in [7, 11) is 3.90. The number of hydrogen-bond donors (Lipinski definition) is 1. The Labute approximate surface area is 134 Å². The third-order valence-electron chi connectivity index (χ3n) is 4.43. The van der Waals surface area contributed by atoms with E-state index in [-0.39, 0.29) is 6.10 Å². The van der Waals surface area contributed by atoms with Crippen molar-refractivity contribution in [2.75, 3.05) is 7.05 Å². The van der Waals surface area contributed by atoms with Gasteiger partial charge in [0.25, 0.3) is 0 Å². The first kappa shape index (κ1) is 14.2. The van der Waals surface area contributed by atoms with Crippen LogP contribution in [-0.4, -0.2) is 43.6 Å². The molecule has 120 valence electrons. The summed E-state index contributed by atoms with van der Waals surface area (Å²) in [6.45, 7) is 0. The summed E-state index contributed by atoms with van der Waals surface area (Å²) in [6.07, 6.45) is 10.8. The van der Waals surface area contributed by atoms with Crippen molar-refractivity contribution in [2.45, 2.75) is 31.4 Å². The van der Waals surface area contributed by atoms with Crippen molar-refractivity contribution in [1.29, 1.82) is 0 Å². The number of rotatable bonds is 4. The standard InChI is InChI=1S/C16H20N6O/c1-17-12-3-4-13(7-12)23-16-15-5-6-18-22(15)10-14(20-16)11-8-19-21(2)9-11/h5-6,8-10,12-13,17H,3-4,7H2,1-2H3. The number of hydrogen-bond acceptors (Lipinski definition) is 5. The summed E-state index contributed by atoms with van der Waals surface area (Å²) in [5.74, 6) is 0.644. The van der Waals surface area contributed by atoms with Gasteiger partial charge in [-0.15, -0.1) is 0 Å². The quantitative estimate of drug-likeness (QED) is 0.793. The van der Waals surface area contributed by atoms with E-state index in [1.54, 1.807) is 17.1 Å². The van der Waals surface area contributed by atoms with Crippen LogP contribution in [-0.2, 0) is 7.05 Å². The highest BCUT2D eigenvalue weighted by Crippen LogP contribution is 2.28. The van der Waals surface area contributed by atoms with Crippen molar-refractivity contribution in [3.63, 3.8) is 0 Å². The van der Waals surface area contributed by atoms with Crippen LogP contribution in [0.5, 0.6) is 5.88 Å². The van der Waals surface area contributed by atoms with Crippen molar-refractivity contribution < 1.29 is 4.74 Å². The molecular formula is C16H20N6O. The fourth-order valence-corrected chi connectivity index (χ4v) is 3.14. The van der Waals surface area contributed by atoms with E-state index in [0.717, 1.165) is 36.0 Å². The normalized spacial score (nSPS) is 21.1. The second-order valence-corrected chi connectivity index (χ2v) is 6.03. The van der Waals surface area contributed by atoms with Crippen LogP contribution in [0.15, 0.2) is 30.9 Å². The number of nitrogens with zero attached hydrogens (tertiary/aromatic N) is 5. The Bertz CT molecular complexity index is 823. The Kier molecular flexibility index (Phi) is 3.49. The van der Waals surface area contributed by atoms with Crippen molar-refractivity contribution in [2.24, 2.45) is 7.05 Å². The summed E-state index contributed by atoms with van der Waals surface area (Å²) in [5, 5.41) is 11.9. The number of fused-ring (bicyclic) bond motifs is 1. The Morgan fingerprint density at radius 3 is 2.91 bits per heavy atom. The van der Waals surface area contributed by atoms with Crippen LogP contribution in [0.4, 0.5) is 0 Å². The lowest BCUT2D eigenvalue weighted by molar-refractivity contribution is 0.200. The monoisotopic (exact) mass is 312 g/mol. The summed E-state index contributed by atoms with van der Waals surface area (Å²) in [5.41, 5.74) is 2.66. The molecule has 1 saturated carbocycles. The third-order valence-corrected chi connectivity index (χ3v) is 4.43. The van der Waals surface area contributed by atoms with E-state index in [2.05, 4.69) is 15.5 Å². The lowest BCUT2D eigenvalue weighted by Crippen LogP contribution is -2.23. The van der Waals surface area contributed by atoms with Gasteiger partial charge >= 0.3 is 0 Å². The maximum absolute atomic E-state index is 6.21. The van der Waals surface area contributed by atoms with Crippen LogP contribution in [0.3, 0.4) is 0 Å². The minimum atomic E-state index is 0.197. The van der Waals surface area contributed by atoms with E-state index in [4.69, 9.17) is 9.72 Å². The molecule has 0 aliphatic heterocycles. The van der Waals surface area contributed by atoms with Gasteiger partial charge in [-0.25, -0.2) is 9.50 Å². The second-order valence-electron chi connectivity index (χ2n) is 6.03. The summed E-state index contributed by atoms with van der Waals surface area (Å²) in [6, 6.07) is 2.46. The van der Waals surface area contributed by atoms with Gasteiger partial charge in [-0.3, -0.25) is 4.68 Å². The van der Waals surface area contributed by atoms with E-state index < -0.39 is 0 Å². The second kappa shape index (κ2) is 5.66. The van der Waals surface area contributed by atoms with Gasteiger partial charge in [-0.2, -0.15) is 10.2 Å². The van der Waals surface area contributed by atoms with Gasteiger partial charge < -0.3 is 10.1 Å². The molecule has 0 bridgehead atoms. The maximum Gasteiger partial charge on any atom is 0.240 e. The molecule has 1 fully saturated rings. The molecule has 23 heavy (non-hydrogen) atoms. The molecule has 0 aromatic carbocycles. The van der Waals surface area contributed by atoms with Crippen LogP contribution in [0.1, 0.15) is 19.3 Å². The zero-order valence-corrected chi connectivity index (χ0v) is 13.3. The first-order chi connectivity index (χ1) is 11.2. The molecule has 3 aromatic heterocycles. The average molecular weight is 312 g/mol. The summed E-state index contributed by atoms with van der Waals surface area (Å²) in [4.78, 5) is 4.71. The van der Waals surface area contributed by atoms with Crippen molar-refractivity contribution in [1.82, 2.24) is 29.7 Å². The van der Waals surface area contributed by atoms with Crippen molar-refractivity contribution in [3.05, 3.63) is 30.9 Å². The summed E-state index contributed by atoms with van der Waals surface area (Å²) >= 11 is 0. The average Bonchev–Trinajstić information content (AvgIpc) is 3.26. The Morgan fingerprint density at radius 2 is 2.17 bits per heavy atom. The third kappa shape index (κ3) is 2.68. The highest BCUT2D eigenvalue weighted by Gasteiger charge is 2.26.